The zero-order valence-corrected chi connectivity index (χ0v) is 13.0. The topological polar surface area (TPSA) is 57.2 Å². The minimum atomic E-state index is -4.76. The van der Waals surface area contributed by atoms with Crippen LogP contribution in [0.15, 0.2) is 0 Å². The van der Waals surface area contributed by atoms with Gasteiger partial charge in [-0.15, -0.1) is 0 Å². The summed E-state index contributed by atoms with van der Waals surface area (Å²) >= 11 is 5.86. The van der Waals surface area contributed by atoms with E-state index in [9.17, 15) is 26.1 Å². The molecular weight excluding hydrogens is 340 g/mol. The SMILES string of the molecule is O=S(=O)([O-])CSC(F)(F)F.SCBr.[Na+]. The van der Waals surface area contributed by atoms with Gasteiger partial charge in [0.2, 0.25) is 0 Å². The number of thioether (sulfide) groups is 1. The second kappa shape index (κ2) is 10.1. The molecule has 0 aliphatic rings. The van der Waals surface area contributed by atoms with Crippen LogP contribution in [-0.2, 0) is 10.1 Å². The maximum Gasteiger partial charge on any atom is 1.00 e. The fourth-order valence-corrected chi connectivity index (χ4v) is 1.25. The number of hydrogen-bond donors (Lipinski definition) is 1. The second-order valence-electron chi connectivity index (χ2n) is 1.39. The van der Waals surface area contributed by atoms with Crippen LogP contribution >= 0.6 is 40.3 Å². The average molecular weight is 345 g/mol. The van der Waals surface area contributed by atoms with Crippen molar-refractivity contribution in [2.45, 2.75) is 5.51 Å². The zero-order valence-electron chi connectivity index (χ0n) is 6.91. The van der Waals surface area contributed by atoms with Gasteiger partial charge in [0.25, 0.3) is 0 Å². The molecule has 0 amide bonds. The molecule has 0 aliphatic heterocycles. The maximum absolute atomic E-state index is 11.1. The van der Waals surface area contributed by atoms with E-state index >= 15 is 0 Å². The number of halogens is 4. The van der Waals surface area contributed by atoms with E-state index in [-0.39, 0.29) is 29.6 Å². The predicted octanol–water partition coefficient (Wildman–Crippen LogP) is -0.985. The molecule has 0 aromatic rings. The molecule has 14 heavy (non-hydrogen) atoms. The van der Waals surface area contributed by atoms with Crippen LogP contribution in [0, 0.1) is 0 Å². The molecule has 0 aromatic heterocycles. The van der Waals surface area contributed by atoms with Crippen molar-refractivity contribution in [1.29, 1.82) is 0 Å². The summed E-state index contributed by atoms with van der Waals surface area (Å²) in [4.78, 5) is 0. The summed E-state index contributed by atoms with van der Waals surface area (Å²) in [5.41, 5.74) is -4.66. The van der Waals surface area contributed by atoms with Gasteiger partial charge in [-0.05, 0) is 11.8 Å². The first-order valence-corrected chi connectivity index (χ1v) is 6.75. The van der Waals surface area contributed by atoms with Gasteiger partial charge in [0, 0.05) is 4.66 Å². The third kappa shape index (κ3) is 29.2. The van der Waals surface area contributed by atoms with Crippen LogP contribution in [-0.4, -0.2) is 28.2 Å². The quantitative estimate of drug-likeness (QED) is 0.302. The summed E-state index contributed by atoms with van der Waals surface area (Å²) in [7, 11) is -4.76. The first-order valence-electron chi connectivity index (χ1n) is 2.43. The molecule has 82 valence electrons. The molecule has 3 nitrogen and oxygen atoms in total. The van der Waals surface area contributed by atoms with E-state index in [4.69, 9.17) is 0 Å². The molecule has 0 unspecified atom stereocenters. The fraction of sp³-hybridized carbons (Fsp3) is 1.00. The van der Waals surface area contributed by atoms with Gasteiger partial charge in [-0.1, -0.05) is 15.9 Å². The molecule has 0 spiro atoms. The summed E-state index contributed by atoms with van der Waals surface area (Å²) in [6.45, 7) is 0. The van der Waals surface area contributed by atoms with Crippen LogP contribution in [0.5, 0.6) is 0 Å². The summed E-state index contributed by atoms with van der Waals surface area (Å²) in [6, 6.07) is 0. The minimum Gasteiger partial charge on any atom is -0.747 e. The van der Waals surface area contributed by atoms with Crippen molar-refractivity contribution in [3.63, 3.8) is 0 Å². The molecule has 0 radical (unpaired) electrons. The fourth-order valence-electron chi connectivity index (χ4n) is 0.139. The molecule has 0 heterocycles. The summed E-state index contributed by atoms with van der Waals surface area (Å²) in [5, 5.41) is -1.46. The van der Waals surface area contributed by atoms with E-state index in [0.717, 1.165) is 4.66 Å². The Kier molecular flexibility index (Phi) is 15.2. The molecule has 11 heteroatoms. The standard InChI is InChI=1S/C2H3F3O3S2.CH3BrS.Na/c3-2(4,5)9-1-10(6,7)8;2-1-3;/h1H2,(H,6,7,8);3H,1H2;/q;;+1/p-1. The number of rotatable bonds is 2. The second-order valence-corrected chi connectivity index (χ2v) is 5.94. The van der Waals surface area contributed by atoms with Gasteiger partial charge in [-0.2, -0.15) is 25.8 Å². The Morgan fingerprint density at radius 2 is 1.71 bits per heavy atom. The first-order chi connectivity index (χ1) is 5.62. The van der Waals surface area contributed by atoms with E-state index in [2.05, 4.69) is 28.6 Å². The van der Waals surface area contributed by atoms with Crippen LogP contribution in [0.1, 0.15) is 0 Å². The van der Waals surface area contributed by atoms with E-state index in [1.807, 2.05) is 0 Å². The summed E-state index contributed by atoms with van der Waals surface area (Å²) < 4.78 is 63.0. The van der Waals surface area contributed by atoms with Crippen molar-refractivity contribution in [2.75, 3.05) is 9.75 Å². The van der Waals surface area contributed by atoms with Crippen molar-refractivity contribution in [3.8, 4) is 0 Å². The van der Waals surface area contributed by atoms with Gasteiger partial charge in [0.05, 0.1) is 5.08 Å². The van der Waals surface area contributed by atoms with Crippen molar-refractivity contribution in [2.24, 2.45) is 0 Å². The maximum atomic E-state index is 11.1. The largest absolute Gasteiger partial charge is 1.00 e. The van der Waals surface area contributed by atoms with Crippen molar-refractivity contribution in [3.05, 3.63) is 0 Å². The van der Waals surface area contributed by atoms with Gasteiger partial charge in [0.15, 0.2) is 0 Å². The minimum absolute atomic E-state index is 0. The molecule has 0 saturated heterocycles. The molecule has 0 saturated carbocycles. The Morgan fingerprint density at radius 1 is 1.43 bits per heavy atom. The zero-order chi connectivity index (χ0) is 11.1. The third-order valence-electron chi connectivity index (χ3n) is 0.367. The van der Waals surface area contributed by atoms with Crippen LogP contribution in [0.25, 0.3) is 0 Å². The van der Waals surface area contributed by atoms with Crippen LogP contribution < -0.4 is 29.6 Å². The van der Waals surface area contributed by atoms with E-state index < -0.39 is 32.5 Å². The van der Waals surface area contributed by atoms with Crippen LogP contribution in [0.4, 0.5) is 13.2 Å². The number of hydrogen-bond acceptors (Lipinski definition) is 5. The normalized spacial score (nSPS) is 11.0. The Balaban J connectivity index is -0.000000267. The van der Waals surface area contributed by atoms with Gasteiger partial charge in [0.1, 0.15) is 10.1 Å². The van der Waals surface area contributed by atoms with Crippen molar-refractivity contribution >= 4 is 50.4 Å². The molecule has 0 rings (SSSR count). The first kappa shape index (κ1) is 21.2. The van der Waals surface area contributed by atoms with Gasteiger partial charge >= 0.3 is 35.1 Å². The summed E-state index contributed by atoms with van der Waals surface area (Å²) in [6.07, 6.45) is 0. The monoisotopic (exact) mass is 344 g/mol. The van der Waals surface area contributed by atoms with Crippen molar-refractivity contribution < 1.29 is 55.7 Å². The molecule has 0 aliphatic carbocycles. The van der Waals surface area contributed by atoms with Gasteiger partial charge < -0.3 is 4.55 Å². The van der Waals surface area contributed by atoms with Crippen LogP contribution in [0.3, 0.4) is 0 Å². The van der Waals surface area contributed by atoms with E-state index in [1.54, 1.807) is 0 Å². The summed E-state index contributed by atoms with van der Waals surface area (Å²) in [5.74, 6) is 0. The molecule has 0 N–H and O–H groups in total. The van der Waals surface area contributed by atoms with E-state index in [1.165, 1.54) is 0 Å². The Labute approximate surface area is 120 Å². The number of thiol groups is 1. The van der Waals surface area contributed by atoms with Gasteiger partial charge in [-0.3, -0.25) is 0 Å². The average Bonchev–Trinajstić information content (AvgIpc) is 1.82. The Morgan fingerprint density at radius 3 is 1.79 bits per heavy atom. The Hall–Kier alpha value is 1.88. The van der Waals surface area contributed by atoms with Gasteiger partial charge in [-0.25, -0.2) is 8.42 Å². The van der Waals surface area contributed by atoms with Crippen molar-refractivity contribution in [1.82, 2.24) is 0 Å². The molecule has 0 aromatic carbocycles. The molecule has 0 atom stereocenters. The number of alkyl halides is 4. The third-order valence-corrected chi connectivity index (χ3v) is 2.32. The Bertz CT molecular complexity index is 219. The smallest absolute Gasteiger partial charge is 0.747 e. The molecule has 0 fully saturated rings. The molecular formula is C3H5BrF3NaO3S3. The van der Waals surface area contributed by atoms with E-state index in [0.29, 0.717) is 0 Å². The molecule has 0 bridgehead atoms. The van der Waals surface area contributed by atoms with Crippen LogP contribution in [0.2, 0.25) is 0 Å². The predicted molar refractivity (Wildman–Crippen MR) is 51.0 cm³/mol.